The summed E-state index contributed by atoms with van der Waals surface area (Å²) < 4.78 is 5.18. The highest BCUT2D eigenvalue weighted by Crippen LogP contribution is 2.23. The molecule has 7 heteroatoms. The van der Waals surface area contributed by atoms with Gasteiger partial charge in [-0.05, 0) is 38.7 Å². The third-order valence-electron chi connectivity index (χ3n) is 4.10. The first kappa shape index (κ1) is 17.1. The summed E-state index contributed by atoms with van der Waals surface area (Å²) in [5.41, 5.74) is 0.961. The molecule has 1 aliphatic heterocycles. The van der Waals surface area contributed by atoms with Crippen LogP contribution in [0.1, 0.15) is 16.8 Å². The number of hydrogen-bond donors (Lipinski definition) is 2. The van der Waals surface area contributed by atoms with Gasteiger partial charge < -0.3 is 25.2 Å². The maximum atomic E-state index is 12.4. The maximum absolute atomic E-state index is 12.4. The molecule has 1 heterocycles. The van der Waals surface area contributed by atoms with Gasteiger partial charge >= 0.3 is 6.03 Å². The van der Waals surface area contributed by atoms with E-state index in [-0.39, 0.29) is 11.9 Å². The van der Waals surface area contributed by atoms with Crippen LogP contribution in [0, 0.1) is 0 Å². The molecule has 3 amide bonds. The van der Waals surface area contributed by atoms with E-state index in [0.717, 1.165) is 13.0 Å². The van der Waals surface area contributed by atoms with Crippen LogP contribution in [0.25, 0.3) is 0 Å². The number of likely N-dealkylation sites (tertiary alicyclic amines) is 1. The van der Waals surface area contributed by atoms with Gasteiger partial charge in [-0.3, -0.25) is 4.79 Å². The van der Waals surface area contributed by atoms with Gasteiger partial charge in [0.05, 0.1) is 12.7 Å². The van der Waals surface area contributed by atoms with E-state index >= 15 is 0 Å². The van der Waals surface area contributed by atoms with Crippen LogP contribution in [0.2, 0.25) is 0 Å². The summed E-state index contributed by atoms with van der Waals surface area (Å²) in [5, 5.41) is 5.41. The Labute approximate surface area is 136 Å². The number of methoxy groups -OCH3 is 1. The molecule has 23 heavy (non-hydrogen) atoms. The number of benzene rings is 1. The van der Waals surface area contributed by atoms with Gasteiger partial charge in [-0.1, -0.05) is 0 Å². The van der Waals surface area contributed by atoms with Gasteiger partial charge in [-0.25, -0.2) is 4.79 Å². The molecule has 1 saturated heterocycles. The summed E-state index contributed by atoms with van der Waals surface area (Å²) in [4.78, 5) is 28.2. The molecular weight excluding hydrogens is 296 g/mol. The highest BCUT2D eigenvalue weighted by Gasteiger charge is 2.27. The van der Waals surface area contributed by atoms with Crippen molar-refractivity contribution in [1.29, 1.82) is 0 Å². The van der Waals surface area contributed by atoms with E-state index in [2.05, 4.69) is 15.5 Å². The number of nitrogens with one attached hydrogen (secondary N) is 2. The quantitative estimate of drug-likeness (QED) is 0.875. The summed E-state index contributed by atoms with van der Waals surface area (Å²) in [6, 6.07) is 5.25. The van der Waals surface area contributed by atoms with E-state index in [9.17, 15) is 9.59 Å². The smallest absolute Gasteiger partial charge is 0.321 e. The number of likely N-dealkylation sites (N-methyl/N-ethyl adjacent to an activating group) is 1. The molecule has 0 aliphatic carbocycles. The fourth-order valence-electron chi connectivity index (χ4n) is 2.65. The Morgan fingerprint density at radius 1 is 1.35 bits per heavy atom. The lowest BCUT2D eigenvalue weighted by Crippen LogP contribution is -2.36. The third-order valence-corrected chi connectivity index (χ3v) is 4.10. The minimum absolute atomic E-state index is 0.151. The fourth-order valence-corrected chi connectivity index (χ4v) is 2.65. The Balaban J connectivity index is 2.08. The first-order chi connectivity index (χ1) is 11.0. The highest BCUT2D eigenvalue weighted by atomic mass is 16.5. The van der Waals surface area contributed by atoms with Crippen LogP contribution in [0.4, 0.5) is 10.5 Å². The lowest BCUT2D eigenvalue weighted by atomic mass is 10.1. The van der Waals surface area contributed by atoms with Gasteiger partial charge in [0.2, 0.25) is 0 Å². The molecule has 1 aromatic rings. The van der Waals surface area contributed by atoms with Crippen LogP contribution in [0.5, 0.6) is 5.75 Å². The fraction of sp³-hybridized carbons (Fsp3) is 0.500. The second-order valence-corrected chi connectivity index (χ2v) is 5.78. The van der Waals surface area contributed by atoms with E-state index in [1.165, 1.54) is 7.11 Å². The lowest BCUT2D eigenvalue weighted by Gasteiger charge is -2.21. The Hall–Kier alpha value is -2.28. The Kier molecular flexibility index (Phi) is 5.44. The monoisotopic (exact) mass is 320 g/mol. The molecular formula is C16H24N4O3. The largest absolute Gasteiger partial charge is 0.496 e. The molecule has 1 fully saturated rings. The SMILES string of the molecule is CNC(=O)c1cc(NC(=O)N2CCC(N(C)C)C2)ccc1OC. The van der Waals surface area contributed by atoms with Crippen molar-refractivity contribution in [2.75, 3.05) is 46.7 Å². The average Bonchev–Trinajstić information content (AvgIpc) is 3.04. The normalized spacial score (nSPS) is 17.3. The van der Waals surface area contributed by atoms with Crippen molar-refractivity contribution >= 4 is 17.6 Å². The Morgan fingerprint density at radius 3 is 2.65 bits per heavy atom. The number of rotatable bonds is 4. The molecule has 2 N–H and O–H groups in total. The summed E-state index contributed by atoms with van der Waals surface area (Å²) >= 11 is 0. The standard InChI is InChI=1S/C16H24N4O3/c1-17-15(21)13-9-11(5-6-14(13)23-4)18-16(22)20-8-7-12(10-20)19(2)3/h5-6,9,12H,7-8,10H2,1-4H3,(H,17,21)(H,18,22). The number of amides is 3. The maximum Gasteiger partial charge on any atom is 0.321 e. The average molecular weight is 320 g/mol. The first-order valence-electron chi connectivity index (χ1n) is 7.58. The van der Waals surface area contributed by atoms with Crippen molar-refractivity contribution < 1.29 is 14.3 Å². The number of anilines is 1. The zero-order valence-corrected chi connectivity index (χ0v) is 14.0. The molecule has 7 nitrogen and oxygen atoms in total. The van der Waals surface area contributed by atoms with Gasteiger partial charge in [-0.15, -0.1) is 0 Å². The molecule has 1 atom stereocenters. The summed E-state index contributed by atoms with van der Waals surface area (Å²) in [6.07, 6.45) is 0.965. The number of carbonyl (C=O) groups excluding carboxylic acids is 2. The second-order valence-electron chi connectivity index (χ2n) is 5.78. The summed E-state index contributed by atoms with van der Waals surface area (Å²) in [6.45, 7) is 1.43. The highest BCUT2D eigenvalue weighted by molar-refractivity contribution is 5.99. The van der Waals surface area contributed by atoms with Gasteiger partial charge in [0.1, 0.15) is 5.75 Å². The molecule has 0 saturated carbocycles. The van der Waals surface area contributed by atoms with E-state index in [0.29, 0.717) is 29.6 Å². The molecule has 0 bridgehead atoms. The van der Waals surface area contributed by atoms with Gasteiger partial charge in [0, 0.05) is 31.9 Å². The van der Waals surface area contributed by atoms with E-state index in [4.69, 9.17) is 4.74 Å². The molecule has 0 radical (unpaired) electrons. The van der Waals surface area contributed by atoms with Crippen molar-refractivity contribution in [3.8, 4) is 5.75 Å². The molecule has 2 rings (SSSR count). The Morgan fingerprint density at radius 2 is 2.09 bits per heavy atom. The zero-order chi connectivity index (χ0) is 17.0. The lowest BCUT2D eigenvalue weighted by molar-refractivity contribution is 0.0960. The number of nitrogens with zero attached hydrogens (tertiary/aromatic N) is 2. The van der Waals surface area contributed by atoms with Crippen molar-refractivity contribution in [2.24, 2.45) is 0 Å². The van der Waals surface area contributed by atoms with Crippen LogP contribution in [0.3, 0.4) is 0 Å². The van der Waals surface area contributed by atoms with Crippen LogP contribution < -0.4 is 15.4 Å². The molecule has 1 unspecified atom stereocenters. The van der Waals surface area contributed by atoms with Crippen LogP contribution in [-0.4, -0.2) is 69.1 Å². The van der Waals surface area contributed by atoms with Crippen LogP contribution in [-0.2, 0) is 0 Å². The summed E-state index contributed by atoms with van der Waals surface area (Å²) in [7, 11) is 7.10. The molecule has 0 spiro atoms. The minimum Gasteiger partial charge on any atom is -0.496 e. The zero-order valence-electron chi connectivity index (χ0n) is 14.0. The van der Waals surface area contributed by atoms with E-state index in [1.54, 1.807) is 30.1 Å². The van der Waals surface area contributed by atoms with Gasteiger partial charge in [0.15, 0.2) is 0 Å². The topological polar surface area (TPSA) is 73.9 Å². The number of ether oxygens (including phenoxy) is 1. The predicted octanol–water partition coefficient (Wildman–Crippen LogP) is 1.22. The number of urea groups is 1. The predicted molar refractivity (Wildman–Crippen MR) is 89.1 cm³/mol. The van der Waals surface area contributed by atoms with Crippen molar-refractivity contribution in [2.45, 2.75) is 12.5 Å². The molecule has 1 aliphatic rings. The van der Waals surface area contributed by atoms with Crippen molar-refractivity contribution in [1.82, 2.24) is 15.1 Å². The third kappa shape index (κ3) is 3.92. The van der Waals surface area contributed by atoms with Crippen LogP contribution in [0.15, 0.2) is 18.2 Å². The first-order valence-corrected chi connectivity index (χ1v) is 7.58. The van der Waals surface area contributed by atoms with Gasteiger partial charge in [0.25, 0.3) is 5.91 Å². The van der Waals surface area contributed by atoms with E-state index < -0.39 is 0 Å². The molecule has 0 aromatic heterocycles. The number of hydrogen-bond acceptors (Lipinski definition) is 4. The Bertz CT molecular complexity index is 589. The molecule has 1 aromatic carbocycles. The van der Waals surface area contributed by atoms with Crippen molar-refractivity contribution in [3.05, 3.63) is 23.8 Å². The summed E-state index contributed by atoms with van der Waals surface area (Å²) in [5.74, 6) is 0.211. The second kappa shape index (κ2) is 7.32. The van der Waals surface area contributed by atoms with E-state index in [1.807, 2.05) is 14.1 Å². The van der Waals surface area contributed by atoms with Crippen LogP contribution >= 0.6 is 0 Å². The minimum atomic E-state index is -0.258. The number of carbonyl (C=O) groups is 2. The van der Waals surface area contributed by atoms with Gasteiger partial charge in [-0.2, -0.15) is 0 Å². The molecule has 126 valence electrons. The van der Waals surface area contributed by atoms with Crippen molar-refractivity contribution in [3.63, 3.8) is 0 Å².